The molecule has 0 spiro atoms. The van der Waals surface area contributed by atoms with Crippen LogP contribution in [0.3, 0.4) is 0 Å². The van der Waals surface area contributed by atoms with Crippen LogP contribution in [-0.4, -0.2) is 17.2 Å². The van der Waals surface area contributed by atoms with Crippen molar-refractivity contribution in [1.29, 1.82) is 0 Å². The first kappa shape index (κ1) is 8.35. The molecule has 3 heteroatoms. The lowest BCUT2D eigenvalue weighted by atomic mass is 10.2. The van der Waals surface area contributed by atoms with Crippen LogP contribution in [0.25, 0.3) is 0 Å². The molecule has 0 amide bonds. The van der Waals surface area contributed by atoms with Crippen molar-refractivity contribution < 1.29 is 9.42 Å². The molecule has 0 aliphatic heterocycles. The molecule has 0 aromatic carbocycles. The van der Waals surface area contributed by atoms with Crippen molar-refractivity contribution in [2.45, 2.75) is 26.4 Å². The second-order valence-electron chi connectivity index (χ2n) is 2.67. The van der Waals surface area contributed by atoms with Gasteiger partial charge in [-0.05, 0) is 20.8 Å². The van der Waals surface area contributed by atoms with Gasteiger partial charge in [0.1, 0.15) is 0 Å². The summed E-state index contributed by atoms with van der Waals surface area (Å²) in [7, 11) is -1.19. The second-order valence-corrected chi connectivity index (χ2v) is 3.78. The zero-order chi connectivity index (χ0) is 6.78. The molecule has 0 rings (SSSR count). The Labute approximate surface area is 51.8 Å². The molecule has 1 N–H and O–H groups in total. The minimum Gasteiger partial charge on any atom is -0.350 e. The molecule has 0 radical (unpaired) electrons. The van der Waals surface area contributed by atoms with Gasteiger partial charge < -0.3 is 9.42 Å². The largest absolute Gasteiger partial charge is 0.350 e. The van der Waals surface area contributed by atoms with Crippen molar-refractivity contribution in [1.82, 2.24) is 0 Å². The van der Waals surface area contributed by atoms with Gasteiger partial charge in [-0.2, -0.15) is 0 Å². The van der Waals surface area contributed by atoms with Crippen molar-refractivity contribution in [2.75, 3.05) is 6.66 Å². The molecule has 0 saturated carbocycles. The Kier molecular flexibility index (Phi) is 2.89. The monoisotopic (exact) mass is 136 g/mol. The molecular weight excluding hydrogens is 123 g/mol. The van der Waals surface area contributed by atoms with Gasteiger partial charge in [-0.1, -0.05) is 0 Å². The highest BCUT2D eigenvalue weighted by Gasteiger charge is 2.12. The molecule has 0 bridgehead atoms. The minimum atomic E-state index is -1.19. The number of rotatable bonds is 1. The van der Waals surface area contributed by atoms with E-state index in [1.807, 2.05) is 20.8 Å². The van der Waals surface area contributed by atoms with Gasteiger partial charge in [0.2, 0.25) is 0 Å². The van der Waals surface area contributed by atoms with E-state index in [-0.39, 0.29) is 5.60 Å². The van der Waals surface area contributed by atoms with Gasteiger partial charge in [-0.15, -0.1) is 0 Å². The van der Waals surface area contributed by atoms with Gasteiger partial charge in [0.05, 0.1) is 5.60 Å². The first-order chi connectivity index (χ1) is 3.42. The van der Waals surface area contributed by atoms with Gasteiger partial charge >= 0.3 is 0 Å². The van der Waals surface area contributed by atoms with E-state index in [2.05, 4.69) is 0 Å². The normalized spacial score (nSPS) is 16.1. The summed E-state index contributed by atoms with van der Waals surface area (Å²) in [5.41, 5.74) is -0.199. The molecule has 0 fully saturated rings. The smallest absolute Gasteiger partial charge is 0.164 e. The molecule has 0 aliphatic carbocycles. The summed E-state index contributed by atoms with van der Waals surface area (Å²) in [6.07, 6.45) is 0. The van der Waals surface area contributed by atoms with Crippen LogP contribution in [0, 0.1) is 0 Å². The maximum absolute atomic E-state index is 8.73. The minimum absolute atomic E-state index is 0.199. The fraction of sp³-hybridized carbons (Fsp3) is 1.00. The van der Waals surface area contributed by atoms with E-state index in [0.717, 1.165) is 0 Å². The van der Waals surface area contributed by atoms with E-state index < -0.39 is 8.38 Å². The average molecular weight is 136 g/mol. The molecule has 0 aromatic rings. The van der Waals surface area contributed by atoms with Crippen molar-refractivity contribution in [3.8, 4) is 0 Å². The maximum atomic E-state index is 8.73. The quantitative estimate of drug-likeness (QED) is 0.556. The summed E-state index contributed by atoms with van der Waals surface area (Å²) >= 11 is 0. The Hall–Kier alpha value is 0.350. The van der Waals surface area contributed by atoms with Crippen LogP contribution in [0.5, 0.6) is 0 Å². The van der Waals surface area contributed by atoms with Crippen LogP contribution in [0.2, 0.25) is 0 Å². The highest BCUT2D eigenvalue weighted by atomic mass is 31.2. The fourth-order valence-electron chi connectivity index (χ4n) is 0.396. The molecule has 1 atom stereocenters. The Balaban J connectivity index is 3.39. The van der Waals surface area contributed by atoms with E-state index in [4.69, 9.17) is 9.42 Å². The predicted molar refractivity (Wildman–Crippen MR) is 35.9 cm³/mol. The average Bonchev–Trinajstić information content (AvgIpc) is 1.21. The van der Waals surface area contributed by atoms with E-state index >= 15 is 0 Å². The third-order valence-electron chi connectivity index (χ3n) is 0.406. The SMILES string of the molecule is CP(O)OC(C)(C)C. The summed E-state index contributed by atoms with van der Waals surface area (Å²) in [5.74, 6) is 0. The maximum Gasteiger partial charge on any atom is 0.164 e. The van der Waals surface area contributed by atoms with Gasteiger partial charge in [-0.3, -0.25) is 0 Å². The summed E-state index contributed by atoms with van der Waals surface area (Å²) in [6.45, 7) is 7.42. The van der Waals surface area contributed by atoms with Crippen LogP contribution < -0.4 is 0 Å². The Morgan fingerprint density at radius 1 is 1.38 bits per heavy atom. The van der Waals surface area contributed by atoms with Gasteiger partial charge in [0.25, 0.3) is 0 Å². The van der Waals surface area contributed by atoms with E-state index in [1.54, 1.807) is 6.66 Å². The lowest BCUT2D eigenvalue weighted by Crippen LogP contribution is -2.15. The molecule has 0 aliphatic rings. The lowest BCUT2D eigenvalue weighted by Gasteiger charge is -2.20. The molecule has 1 unspecified atom stereocenters. The zero-order valence-electron chi connectivity index (χ0n) is 5.80. The van der Waals surface area contributed by atoms with Crippen LogP contribution in [0.15, 0.2) is 0 Å². The standard InChI is InChI=1S/C5H13O2P/c1-5(2,3)7-8(4)6/h6H,1-4H3. The molecular formula is C5H13O2P. The van der Waals surface area contributed by atoms with Crippen LogP contribution in [-0.2, 0) is 4.52 Å². The third kappa shape index (κ3) is 6.35. The van der Waals surface area contributed by atoms with Crippen LogP contribution >= 0.6 is 8.38 Å². The lowest BCUT2D eigenvalue weighted by molar-refractivity contribution is 0.134. The fourth-order valence-corrected chi connectivity index (χ4v) is 1.19. The summed E-state index contributed by atoms with van der Waals surface area (Å²) in [5, 5.41) is 0. The Bertz CT molecular complexity index is 65.3. The van der Waals surface area contributed by atoms with Gasteiger partial charge in [0, 0.05) is 6.66 Å². The van der Waals surface area contributed by atoms with Crippen molar-refractivity contribution in [3.63, 3.8) is 0 Å². The van der Waals surface area contributed by atoms with E-state index in [0.29, 0.717) is 0 Å². The van der Waals surface area contributed by atoms with E-state index in [1.165, 1.54) is 0 Å². The molecule has 0 aromatic heterocycles. The zero-order valence-corrected chi connectivity index (χ0v) is 6.70. The molecule has 0 saturated heterocycles. The van der Waals surface area contributed by atoms with Crippen LogP contribution in [0.4, 0.5) is 0 Å². The summed E-state index contributed by atoms with van der Waals surface area (Å²) in [6, 6.07) is 0. The highest BCUT2D eigenvalue weighted by Crippen LogP contribution is 2.31. The molecule has 0 heterocycles. The first-order valence-corrected chi connectivity index (χ1v) is 4.19. The summed E-state index contributed by atoms with van der Waals surface area (Å²) in [4.78, 5) is 8.73. The Morgan fingerprint density at radius 2 is 1.75 bits per heavy atom. The highest BCUT2D eigenvalue weighted by molar-refractivity contribution is 7.45. The Morgan fingerprint density at radius 3 is 1.75 bits per heavy atom. The van der Waals surface area contributed by atoms with E-state index in [9.17, 15) is 0 Å². The topological polar surface area (TPSA) is 29.5 Å². The predicted octanol–water partition coefficient (Wildman–Crippen LogP) is 1.74. The van der Waals surface area contributed by atoms with Crippen molar-refractivity contribution >= 4 is 8.38 Å². The molecule has 2 nitrogen and oxygen atoms in total. The number of hydrogen-bond acceptors (Lipinski definition) is 2. The van der Waals surface area contributed by atoms with Gasteiger partial charge in [0.15, 0.2) is 8.38 Å². The number of hydrogen-bond donors (Lipinski definition) is 1. The summed E-state index contributed by atoms with van der Waals surface area (Å²) < 4.78 is 5.06. The van der Waals surface area contributed by atoms with Gasteiger partial charge in [-0.25, -0.2) is 0 Å². The first-order valence-electron chi connectivity index (χ1n) is 2.53. The van der Waals surface area contributed by atoms with Crippen molar-refractivity contribution in [2.24, 2.45) is 0 Å². The molecule has 50 valence electrons. The second kappa shape index (κ2) is 2.77. The third-order valence-corrected chi connectivity index (χ3v) is 1.22. The molecule has 8 heavy (non-hydrogen) atoms. The van der Waals surface area contributed by atoms with Crippen molar-refractivity contribution in [3.05, 3.63) is 0 Å². The van der Waals surface area contributed by atoms with Crippen LogP contribution in [0.1, 0.15) is 20.8 Å².